The van der Waals surface area contributed by atoms with E-state index in [4.69, 9.17) is 9.47 Å². The van der Waals surface area contributed by atoms with E-state index in [0.717, 1.165) is 39.8 Å². The van der Waals surface area contributed by atoms with Crippen LogP contribution in [-0.2, 0) is 6.42 Å². The average molecular weight is 293 g/mol. The lowest BCUT2D eigenvalue weighted by molar-refractivity contribution is 0.390. The predicted octanol–water partition coefficient (Wildman–Crippen LogP) is 4.15. The number of hydrogen-bond acceptors (Lipinski definition) is 3. The first-order valence-corrected chi connectivity index (χ1v) is 7.27. The minimum Gasteiger partial charge on any atom is -0.496 e. The zero-order chi connectivity index (χ0) is 15.5. The highest BCUT2D eigenvalue weighted by atomic mass is 16.5. The van der Waals surface area contributed by atoms with Crippen LogP contribution in [0.4, 0.5) is 0 Å². The third kappa shape index (κ3) is 2.39. The molecule has 112 valence electrons. The van der Waals surface area contributed by atoms with Crippen LogP contribution in [0.2, 0.25) is 0 Å². The Labute approximate surface area is 130 Å². The number of nitrogens with zero attached hydrogens (tertiary/aromatic N) is 1. The van der Waals surface area contributed by atoms with Gasteiger partial charge in [-0.2, -0.15) is 0 Å². The van der Waals surface area contributed by atoms with Gasteiger partial charge in [-0.3, -0.25) is 4.98 Å². The lowest BCUT2D eigenvalue weighted by Crippen LogP contribution is -2.01. The van der Waals surface area contributed by atoms with Crippen molar-refractivity contribution in [2.24, 2.45) is 0 Å². The molecule has 0 aliphatic carbocycles. The SMILES string of the molecule is COc1c(C)c(OC)c2ccccc2c1Cc1cccnc1. The average Bonchev–Trinajstić information content (AvgIpc) is 2.56. The van der Waals surface area contributed by atoms with Crippen molar-refractivity contribution >= 4 is 10.8 Å². The molecule has 0 fully saturated rings. The van der Waals surface area contributed by atoms with Crippen LogP contribution < -0.4 is 9.47 Å². The zero-order valence-corrected chi connectivity index (χ0v) is 13.1. The summed E-state index contributed by atoms with van der Waals surface area (Å²) in [5, 5.41) is 2.27. The van der Waals surface area contributed by atoms with Crippen LogP contribution in [0.5, 0.6) is 11.5 Å². The monoisotopic (exact) mass is 293 g/mol. The Morgan fingerprint density at radius 2 is 1.64 bits per heavy atom. The topological polar surface area (TPSA) is 31.4 Å². The second-order valence-corrected chi connectivity index (χ2v) is 5.25. The van der Waals surface area contributed by atoms with Crippen LogP contribution in [0.3, 0.4) is 0 Å². The zero-order valence-electron chi connectivity index (χ0n) is 13.1. The number of benzene rings is 2. The van der Waals surface area contributed by atoms with Crippen LogP contribution in [0.25, 0.3) is 10.8 Å². The standard InChI is InChI=1S/C19H19NO2/c1-13-18(21-2)16-9-5-4-8-15(16)17(19(13)22-3)11-14-7-6-10-20-12-14/h4-10,12H,11H2,1-3H3. The fraction of sp³-hybridized carbons (Fsp3) is 0.211. The lowest BCUT2D eigenvalue weighted by atomic mass is 9.94. The van der Waals surface area contributed by atoms with Crippen LogP contribution >= 0.6 is 0 Å². The normalized spacial score (nSPS) is 10.7. The van der Waals surface area contributed by atoms with Crippen molar-refractivity contribution in [3.8, 4) is 11.5 Å². The van der Waals surface area contributed by atoms with E-state index in [0.29, 0.717) is 0 Å². The van der Waals surface area contributed by atoms with Gasteiger partial charge in [0, 0.05) is 35.3 Å². The van der Waals surface area contributed by atoms with Crippen molar-refractivity contribution in [3.63, 3.8) is 0 Å². The Morgan fingerprint density at radius 1 is 0.909 bits per heavy atom. The minimum absolute atomic E-state index is 0.780. The molecule has 3 nitrogen and oxygen atoms in total. The summed E-state index contributed by atoms with van der Waals surface area (Å²) in [6.45, 7) is 2.04. The van der Waals surface area contributed by atoms with E-state index in [1.54, 1.807) is 20.4 Å². The van der Waals surface area contributed by atoms with Crippen molar-refractivity contribution in [1.29, 1.82) is 0 Å². The maximum absolute atomic E-state index is 5.70. The van der Waals surface area contributed by atoms with Crippen molar-refractivity contribution in [3.05, 3.63) is 65.5 Å². The number of aromatic nitrogens is 1. The number of ether oxygens (including phenoxy) is 2. The second kappa shape index (κ2) is 6.06. The van der Waals surface area contributed by atoms with Gasteiger partial charge in [0.05, 0.1) is 14.2 Å². The maximum Gasteiger partial charge on any atom is 0.133 e. The molecule has 22 heavy (non-hydrogen) atoms. The number of hydrogen-bond donors (Lipinski definition) is 0. The molecular formula is C19H19NO2. The lowest BCUT2D eigenvalue weighted by Gasteiger charge is -2.18. The largest absolute Gasteiger partial charge is 0.496 e. The Hall–Kier alpha value is -2.55. The van der Waals surface area contributed by atoms with Crippen LogP contribution in [0, 0.1) is 6.92 Å². The van der Waals surface area contributed by atoms with Gasteiger partial charge < -0.3 is 9.47 Å². The molecule has 0 saturated carbocycles. The number of fused-ring (bicyclic) bond motifs is 1. The van der Waals surface area contributed by atoms with Gasteiger partial charge in [0.25, 0.3) is 0 Å². The highest BCUT2D eigenvalue weighted by Gasteiger charge is 2.18. The second-order valence-electron chi connectivity index (χ2n) is 5.25. The first-order valence-electron chi connectivity index (χ1n) is 7.27. The van der Waals surface area contributed by atoms with Gasteiger partial charge in [-0.15, -0.1) is 0 Å². The molecule has 0 radical (unpaired) electrons. The van der Waals surface area contributed by atoms with Gasteiger partial charge in [-0.1, -0.05) is 30.3 Å². The first-order chi connectivity index (χ1) is 10.8. The Balaban J connectivity index is 2.28. The molecule has 0 saturated heterocycles. The molecule has 0 amide bonds. The van der Waals surface area contributed by atoms with E-state index in [1.807, 2.05) is 31.3 Å². The van der Waals surface area contributed by atoms with E-state index < -0.39 is 0 Å². The fourth-order valence-corrected chi connectivity index (χ4v) is 3.02. The van der Waals surface area contributed by atoms with Crippen LogP contribution in [0.15, 0.2) is 48.8 Å². The fourth-order valence-electron chi connectivity index (χ4n) is 3.02. The van der Waals surface area contributed by atoms with Gasteiger partial charge >= 0.3 is 0 Å². The summed E-state index contributed by atoms with van der Waals surface area (Å²) >= 11 is 0. The molecule has 0 unspecified atom stereocenters. The summed E-state index contributed by atoms with van der Waals surface area (Å²) in [4.78, 5) is 4.21. The molecular weight excluding hydrogens is 274 g/mol. The number of rotatable bonds is 4. The van der Waals surface area contributed by atoms with Crippen LogP contribution in [-0.4, -0.2) is 19.2 Å². The first kappa shape index (κ1) is 14.4. The molecule has 2 aromatic carbocycles. The summed E-state index contributed by atoms with van der Waals surface area (Å²) in [7, 11) is 3.41. The van der Waals surface area contributed by atoms with Crippen molar-refractivity contribution < 1.29 is 9.47 Å². The predicted molar refractivity (Wildman–Crippen MR) is 88.8 cm³/mol. The van der Waals surface area contributed by atoms with Crippen LogP contribution in [0.1, 0.15) is 16.7 Å². The van der Waals surface area contributed by atoms with Gasteiger partial charge in [0.1, 0.15) is 11.5 Å². The Morgan fingerprint density at radius 3 is 2.27 bits per heavy atom. The molecule has 0 atom stereocenters. The minimum atomic E-state index is 0.780. The molecule has 1 aromatic heterocycles. The quantitative estimate of drug-likeness (QED) is 0.724. The molecule has 0 aliphatic heterocycles. The van der Waals surface area contributed by atoms with Crippen molar-refractivity contribution in [1.82, 2.24) is 4.98 Å². The van der Waals surface area contributed by atoms with E-state index in [9.17, 15) is 0 Å². The summed E-state index contributed by atoms with van der Waals surface area (Å²) in [6, 6.07) is 12.3. The third-order valence-electron chi connectivity index (χ3n) is 3.96. The molecule has 0 bridgehead atoms. The summed E-state index contributed by atoms with van der Waals surface area (Å²) in [6.07, 6.45) is 4.47. The molecule has 1 heterocycles. The Kier molecular flexibility index (Phi) is 3.96. The molecule has 0 N–H and O–H groups in total. The summed E-state index contributed by atoms with van der Waals surface area (Å²) < 4.78 is 11.3. The van der Waals surface area contributed by atoms with Crippen molar-refractivity contribution in [2.45, 2.75) is 13.3 Å². The molecule has 0 aliphatic rings. The molecule has 3 rings (SSSR count). The van der Waals surface area contributed by atoms with Crippen molar-refractivity contribution in [2.75, 3.05) is 14.2 Å². The van der Waals surface area contributed by atoms with E-state index >= 15 is 0 Å². The molecule has 3 heteroatoms. The van der Waals surface area contributed by atoms with E-state index in [2.05, 4.69) is 23.2 Å². The number of methoxy groups -OCH3 is 2. The smallest absolute Gasteiger partial charge is 0.133 e. The highest BCUT2D eigenvalue weighted by molar-refractivity contribution is 5.95. The Bertz CT molecular complexity index is 797. The van der Waals surface area contributed by atoms with Gasteiger partial charge in [0.15, 0.2) is 0 Å². The molecule has 3 aromatic rings. The van der Waals surface area contributed by atoms with Gasteiger partial charge in [-0.25, -0.2) is 0 Å². The molecule has 0 spiro atoms. The van der Waals surface area contributed by atoms with Gasteiger partial charge in [0.2, 0.25) is 0 Å². The number of pyridine rings is 1. The summed E-state index contributed by atoms with van der Waals surface area (Å²) in [5.41, 5.74) is 3.36. The van der Waals surface area contributed by atoms with E-state index in [1.165, 1.54) is 5.56 Å². The third-order valence-corrected chi connectivity index (χ3v) is 3.96. The van der Waals surface area contributed by atoms with E-state index in [-0.39, 0.29) is 0 Å². The van der Waals surface area contributed by atoms with Gasteiger partial charge in [-0.05, 0) is 23.9 Å². The summed E-state index contributed by atoms with van der Waals surface area (Å²) in [5.74, 6) is 1.77. The maximum atomic E-state index is 5.70. The highest BCUT2D eigenvalue weighted by Crippen LogP contribution is 2.41.